The quantitative estimate of drug-likeness (QED) is 0.903. The zero-order valence-electron chi connectivity index (χ0n) is 11.5. The van der Waals surface area contributed by atoms with Crippen molar-refractivity contribution in [3.05, 3.63) is 28.6 Å². The molecule has 1 fully saturated rings. The van der Waals surface area contributed by atoms with Gasteiger partial charge in [0.1, 0.15) is 10.3 Å². The lowest BCUT2D eigenvalue weighted by Gasteiger charge is -2.20. The van der Waals surface area contributed by atoms with Gasteiger partial charge in [-0.25, -0.2) is 4.98 Å². The predicted molar refractivity (Wildman–Crippen MR) is 82.8 cm³/mol. The number of carbonyl (C=O) groups is 1. The average molecular weight is 336 g/mol. The van der Waals surface area contributed by atoms with E-state index in [-0.39, 0.29) is 11.8 Å². The molecule has 3 rings (SSSR count). The number of aromatic nitrogens is 2. The third kappa shape index (κ3) is 2.59. The van der Waals surface area contributed by atoms with E-state index in [2.05, 4.69) is 26.2 Å². The Morgan fingerprint density at radius 2 is 2.10 bits per heavy atom. The molecule has 0 bridgehead atoms. The highest BCUT2D eigenvalue weighted by atomic mass is 79.9. The number of pyridine rings is 1. The number of fused-ring (bicyclic) bond motifs is 1. The summed E-state index contributed by atoms with van der Waals surface area (Å²) >= 11 is 3.52. The van der Waals surface area contributed by atoms with Crippen LogP contribution in [0, 0.1) is 12.8 Å². The van der Waals surface area contributed by atoms with Gasteiger partial charge in [-0.2, -0.15) is 0 Å². The van der Waals surface area contributed by atoms with Crippen LogP contribution in [-0.4, -0.2) is 15.3 Å². The summed E-state index contributed by atoms with van der Waals surface area (Å²) in [5.41, 5.74) is 2.65. The molecule has 2 aromatic heterocycles. The topological polar surface area (TPSA) is 46.4 Å². The Morgan fingerprint density at radius 3 is 2.85 bits per heavy atom. The number of hydrogen-bond donors (Lipinski definition) is 1. The van der Waals surface area contributed by atoms with Gasteiger partial charge in [-0.15, -0.1) is 0 Å². The van der Waals surface area contributed by atoms with Gasteiger partial charge < -0.3 is 5.32 Å². The lowest BCUT2D eigenvalue weighted by atomic mass is 9.88. The third-order valence-electron chi connectivity index (χ3n) is 3.96. The highest BCUT2D eigenvalue weighted by Crippen LogP contribution is 2.25. The van der Waals surface area contributed by atoms with E-state index in [1.54, 1.807) is 0 Å². The smallest absolute Gasteiger partial charge is 0.227 e. The fourth-order valence-corrected chi connectivity index (χ4v) is 3.19. The van der Waals surface area contributed by atoms with Crippen LogP contribution in [0.2, 0.25) is 0 Å². The van der Waals surface area contributed by atoms with Crippen LogP contribution in [-0.2, 0) is 4.79 Å². The van der Waals surface area contributed by atoms with Crippen molar-refractivity contribution in [2.75, 3.05) is 5.32 Å². The highest BCUT2D eigenvalue weighted by Gasteiger charge is 2.21. The Labute approximate surface area is 126 Å². The van der Waals surface area contributed by atoms with Crippen molar-refractivity contribution in [3.63, 3.8) is 0 Å². The minimum absolute atomic E-state index is 0.150. The number of halogens is 1. The van der Waals surface area contributed by atoms with Gasteiger partial charge in [-0.05, 0) is 47.8 Å². The van der Waals surface area contributed by atoms with Crippen molar-refractivity contribution in [2.24, 2.45) is 5.92 Å². The van der Waals surface area contributed by atoms with Crippen LogP contribution in [0.3, 0.4) is 0 Å². The first kappa shape index (κ1) is 13.6. The number of amides is 1. The maximum Gasteiger partial charge on any atom is 0.227 e. The van der Waals surface area contributed by atoms with Crippen LogP contribution in [0.15, 0.2) is 22.9 Å². The van der Waals surface area contributed by atoms with Crippen LogP contribution in [0.1, 0.15) is 37.8 Å². The molecule has 5 heteroatoms. The first-order valence-electron chi connectivity index (χ1n) is 7.10. The average Bonchev–Trinajstić information content (AvgIpc) is 2.75. The van der Waals surface area contributed by atoms with E-state index in [4.69, 9.17) is 0 Å². The first-order chi connectivity index (χ1) is 9.65. The van der Waals surface area contributed by atoms with Crippen molar-refractivity contribution in [2.45, 2.75) is 39.0 Å². The summed E-state index contributed by atoms with van der Waals surface area (Å²) in [7, 11) is 0. The number of hydrogen-bond acceptors (Lipinski definition) is 2. The van der Waals surface area contributed by atoms with Crippen molar-refractivity contribution >= 4 is 33.2 Å². The fraction of sp³-hybridized carbons (Fsp3) is 0.467. The van der Waals surface area contributed by atoms with E-state index < -0.39 is 0 Å². The monoisotopic (exact) mass is 335 g/mol. The third-order valence-corrected chi connectivity index (χ3v) is 4.92. The zero-order chi connectivity index (χ0) is 14.1. The molecule has 1 aliphatic rings. The molecule has 0 aliphatic heterocycles. The van der Waals surface area contributed by atoms with E-state index in [9.17, 15) is 4.79 Å². The lowest BCUT2D eigenvalue weighted by Crippen LogP contribution is -2.24. The molecule has 1 aliphatic carbocycles. The molecule has 106 valence electrons. The van der Waals surface area contributed by atoms with Gasteiger partial charge in [0.2, 0.25) is 5.91 Å². The zero-order valence-corrected chi connectivity index (χ0v) is 13.1. The van der Waals surface area contributed by atoms with Crippen LogP contribution < -0.4 is 5.32 Å². The van der Waals surface area contributed by atoms with Gasteiger partial charge in [0, 0.05) is 12.1 Å². The predicted octanol–water partition coefficient (Wildman–Crippen LogP) is 3.92. The maximum absolute atomic E-state index is 12.2. The molecule has 1 N–H and O–H groups in total. The SMILES string of the molecule is Cc1nc2ccc(NC(=O)C3CCCCC3)cn2c1Br. The normalized spacial score (nSPS) is 16.5. The van der Waals surface area contributed by atoms with Gasteiger partial charge in [0.15, 0.2) is 0 Å². The Balaban J connectivity index is 1.80. The summed E-state index contributed by atoms with van der Waals surface area (Å²) in [5, 5.41) is 3.03. The summed E-state index contributed by atoms with van der Waals surface area (Å²) in [6, 6.07) is 3.84. The second-order valence-corrected chi connectivity index (χ2v) is 6.21. The first-order valence-corrected chi connectivity index (χ1v) is 7.89. The van der Waals surface area contributed by atoms with E-state index >= 15 is 0 Å². The lowest BCUT2D eigenvalue weighted by molar-refractivity contribution is -0.120. The number of aryl methyl sites for hydroxylation is 1. The molecule has 0 radical (unpaired) electrons. The van der Waals surface area contributed by atoms with Crippen molar-refractivity contribution in [1.29, 1.82) is 0 Å². The Kier molecular flexibility index (Phi) is 3.78. The Bertz CT molecular complexity index is 644. The van der Waals surface area contributed by atoms with Crippen LogP contribution in [0.5, 0.6) is 0 Å². The largest absolute Gasteiger partial charge is 0.325 e. The minimum atomic E-state index is 0.150. The molecule has 0 spiro atoms. The molecular weight excluding hydrogens is 318 g/mol. The molecule has 4 nitrogen and oxygen atoms in total. The van der Waals surface area contributed by atoms with Crippen molar-refractivity contribution in [3.8, 4) is 0 Å². The molecule has 1 amide bonds. The van der Waals surface area contributed by atoms with Crippen LogP contribution in [0.25, 0.3) is 5.65 Å². The summed E-state index contributed by atoms with van der Waals surface area (Å²) in [4.78, 5) is 16.7. The van der Waals surface area contributed by atoms with Gasteiger partial charge >= 0.3 is 0 Å². The van der Waals surface area contributed by atoms with E-state index in [0.29, 0.717) is 0 Å². The summed E-state index contributed by atoms with van der Waals surface area (Å²) in [6.07, 6.45) is 7.55. The number of imidazole rings is 1. The minimum Gasteiger partial charge on any atom is -0.325 e. The maximum atomic E-state index is 12.2. The number of nitrogens with zero attached hydrogens (tertiary/aromatic N) is 2. The van der Waals surface area contributed by atoms with Gasteiger partial charge in [-0.3, -0.25) is 9.20 Å². The van der Waals surface area contributed by atoms with Crippen molar-refractivity contribution in [1.82, 2.24) is 9.38 Å². The Hall–Kier alpha value is -1.36. The van der Waals surface area contributed by atoms with Gasteiger partial charge in [0.05, 0.1) is 11.4 Å². The summed E-state index contributed by atoms with van der Waals surface area (Å²) < 4.78 is 2.88. The number of carbonyl (C=O) groups excluding carboxylic acids is 1. The second kappa shape index (κ2) is 5.56. The standard InChI is InChI=1S/C15H18BrN3O/c1-10-14(16)19-9-12(7-8-13(19)17-10)18-15(20)11-5-3-2-4-6-11/h7-9,11H,2-6H2,1H3,(H,18,20). The summed E-state index contributed by atoms with van der Waals surface area (Å²) in [5.74, 6) is 0.324. The van der Waals surface area contributed by atoms with E-state index in [1.165, 1.54) is 19.3 Å². The fourth-order valence-electron chi connectivity index (χ4n) is 2.82. The van der Waals surface area contributed by atoms with Crippen molar-refractivity contribution < 1.29 is 4.79 Å². The van der Waals surface area contributed by atoms with Crippen LogP contribution >= 0.6 is 15.9 Å². The van der Waals surface area contributed by atoms with Gasteiger partial charge in [0.25, 0.3) is 0 Å². The highest BCUT2D eigenvalue weighted by molar-refractivity contribution is 9.10. The van der Waals surface area contributed by atoms with Gasteiger partial charge in [-0.1, -0.05) is 19.3 Å². The molecule has 20 heavy (non-hydrogen) atoms. The second-order valence-electron chi connectivity index (χ2n) is 5.46. The molecule has 1 saturated carbocycles. The summed E-state index contributed by atoms with van der Waals surface area (Å²) in [6.45, 7) is 1.96. The molecule has 0 aromatic carbocycles. The molecule has 2 aromatic rings. The van der Waals surface area contributed by atoms with E-state index in [0.717, 1.165) is 34.5 Å². The Morgan fingerprint density at radius 1 is 1.35 bits per heavy atom. The molecule has 0 unspecified atom stereocenters. The number of rotatable bonds is 2. The molecular formula is C15H18BrN3O. The molecule has 0 saturated heterocycles. The van der Waals surface area contributed by atoms with E-state index in [1.807, 2.05) is 29.7 Å². The molecule has 2 heterocycles. The number of nitrogens with one attached hydrogen (secondary N) is 1. The molecule has 0 atom stereocenters. The number of anilines is 1. The van der Waals surface area contributed by atoms with Crippen LogP contribution in [0.4, 0.5) is 5.69 Å².